The Morgan fingerprint density at radius 3 is 2.45 bits per heavy atom. The molecule has 2 aromatic rings. The summed E-state index contributed by atoms with van der Waals surface area (Å²) in [4.78, 5) is 7.90. The van der Waals surface area contributed by atoms with Crippen molar-refractivity contribution in [2.75, 3.05) is 5.75 Å². The van der Waals surface area contributed by atoms with Crippen LogP contribution in [0.15, 0.2) is 40.6 Å². The third-order valence-electron chi connectivity index (χ3n) is 5.42. The number of nitrogens with zero attached hydrogens (tertiary/aromatic N) is 3. The van der Waals surface area contributed by atoms with E-state index in [1.807, 2.05) is 0 Å². The number of hydrogen-bond donors (Lipinski definition) is 2. The topological polar surface area (TPSA) is 118 Å². The highest BCUT2D eigenvalue weighted by molar-refractivity contribution is 7.93. The Bertz CT molecular complexity index is 1210. The first-order valence-corrected chi connectivity index (χ1v) is 10.9. The zero-order chi connectivity index (χ0) is 23.2. The van der Waals surface area contributed by atoms with Gasteiger partial charge in [-0.15, -0.1) is 0 Å². The summed E-state index contributed by atoms with van der Waals surface area (Å²) in [5.41, 5.74) is 4.17. The summed E-state index contributed by atoms with van der Waals surface area (Å²) >= 11 is 0. The quantitative estimate of drug-likeness (QED) is 0.418. The molecule has 3 N–H and O–H groups in total. The van der Waals surface area contributed by atoms with Crippen LogP contribution in [0.4, 0.5) is 13.2 Å². The lowest BCUT2D eigenvalue weighted by atomic mass is 9.90. The zero-order valence-corrected chi connectivity index (χ0v) is 17.8. The second-order valence-corrected chi connectivity index (χ2v) is 10.6. The Morgan fingerprint density at radius 1 is 1.19 bits per heavy atom. The van der Waals surface area contributed by atoms with Crippen molar-refractivity contribution in [1.29, 1.82) is 0 Å². The van der Waals surface area contributed by atoms with E-state index in [4.69, 9.17) is 5.73 Å². The van der Waals surface area contributed by atoms with Crippen LogP contribution < -0.4 is 5.73 Å². The fourth-order valence-electron chi connectivity index (χ4n) is 3.36. The molecule has 0 bridgehead atoms. The van der Waals surface area contributed by atoms with Crippen molar-refractivity contribution in [2.24, 2.45) is 15.9 Å². The highest BCUT2D eigenvalue weighted by Crippen LogP contribution is 2.38. The van der Waals surface area contributed by atoms with Gasteiger partial charge in [0.2, 0.25) is 0 Å². The van der Waals surface area contributed by atoms with E-state index in [2.05, 4.69) is 15.1 Å². The maximum Gasteiger partial charge on any atom is 0.165 e. The predicted octanol–water partition coefficient (Wildman–Crippen LogP) is 2.70. The summed E-state index contributed by atoms with van der Waals surface area (Å²) < 4.78 is 66.0. The van der Waals surface area contributed by atoms with Gasteiger partial charge < -0.3 is 10.9 Å². The molecule has 166 valence electrons. The largest absolute Gasteiger partial charge is 0.411 e. The van der Waals surface area contributed by atoms with Crippen molar-refractivity contribution < 1.29 is 26.8 Å². The van der Waals surface area contributed by atoms with Gasteiger partial charge in [0.25, 0.3) is 0 Å². The standard InChI is InChI=1S/C20H21F3N4O3S/c1-19(2)18(24)26-20(3,10-31(19,29)30)13-6-11(4-5-14(13)22)7-16(27-28)17-15(23)8-12(21)9-25-17/h4-6,8-9,28H,7,10H2,1-3H3,(H2,24,26)/b27-16+/t20-/m0/s1. The molecule has 3 rings (SSSR count). The van der Waals surface area contributed by atoms with Crippen LogP contribution in [0.2, 0.25) is 0 Å². The van der Waals surface area contributed by atoms with Gasteiger partial charge in [-0.2, -0.15) is 0 Å². The fraction of sp³-hybridized carbons (Fsp3) is 0.350. The molecular formula is C20H21F3N4O3S. The minimum absolute atomic E-state index is 0.0307. The molecule has 0 saturated heterocycles. The van der Waals surface area contributed by atoms with Crippen LogP contribution in [-0.4, -0.2) is 40.7 Å². The average molecular weight is 454 g/mol. The number of aliphatic imine (C=N–C) groups is 1. The van der Waals surface area contributed by atoms with Gasteiger partial charge in [0.15, 0.2) is 15.7 Å². The van der Waals surface area contributed by atoms with Crippen LogP contribution in [0, 0.1) is 17.5 Å². The highest BCUT2D eigenvalue weighted by Gasteiger charge is 2.49. The molecule has 11 heteroatoms. The van der Waals surface area contributed by atoms with Crippen LogP contribution in [0.1, 0.15) is 37.6 Å². The summed E-state index contributed by atoms with van der Waals surface area (Å²) in [5.74, 6) is -3.23. The van der Waals surface area contributed by atoms with Crippen LogP contribution in [0.25, 0.3) is 0 Å². The van der Waals surface area contributed by atoms with Gasteiger partial charge in [0.05, 0.1) is 11.9 Å². The zero-order valence-electron chi connectivity index (χ0n) is 17.0. The van der Waals surface area contributed by atoms with Crippen molar-refractivity contribution in [3.05, 3.63) is 64.7 Å². The molecule has 0 fully saturated rings. The molecule has 0 spiro atoms. The molecule has 1 aliphatic rings. The number of nitrogens with two attached hydrogens (primary N) is 1. The Balaban J connectivity index is 2.04. The van der Waals surface area contributed by atoms with Gasteiger partial charge in [-0.3, -0.25) is 4.99 Å². The monoisotopic (exact) mass is 454 g/mol. The van der Waals surface area contributed by atoms with Gasteiger partial charge in [0, 0.05) is 18.1 Å². The van der Waals surface area contributed by atoms with Crippen molar-refractivity contribution in [1.82, 2.24) is 4.98 Å². The Morgan fingerprint density at radius 2 is 1.87 bits per heavy atom. The van der Waals surface area contributed by atoms with Gasteiger partial charge in [0.1, 0.15) is 39.2 Å². The summed E-state index contributed by atoms with van der Waals surface area (Å²) in [6, 6.07) is 4.42. The molecule has 31 heavy (non-hydrogen) atoms. The van der Waals surface area contributed by atoms with E-state index in [-0.39, 0.29) is 29.2 Å². The van der Waals surface area contributed by atoms with E-state index in [1.165, 1.54) is 32.9 Å². The molecular weight excluding hydrogens is 433 g/mol. The van der Waals surface area contributed by atoms with Gasteiger partial charge in [-0.25, -0.2) is 26.6 Å². The summed E-state index contributed by atoms with van der Waals surface area (Å²) in [6.45, 7) is 4.32. The Labute approximate surface area is 177 Å². The normalized spacial score (nSPS) is 22.8. The molecule has 0 amide bonds. The second kappa shape index (κ2) is 7.63. The van der Waals surface area contributed by atoms with Gasteiger partial charge in [-0.05, 0) is 32.4 Å². The minimum Gasteiger partial charge on any atom is -0.411 e. The van der Waals surface area contributed by atoms with E-state index < -0.39 is 43.3 Å². The van der Waals surface area contributed by atoms with Gasteiger partial charge in [-0.1, -0.05) is 17.3 Å². The number of pyridine rings is 1. The molecule has 1 aliphatic heterocycles. The van der Waals surface area contributed by atoms with Gasteiger partial charge >= 0.3 is 0 Å². The second-order valence-electron chi connectivity index (χ2n) is 8.06. The number of halogens is 3. The van der Waals surface area contributed by atoms with Crippen LogP contribution in [0.3, 0.4) is 0 Å². The summed E-state index contributed by atoms with van der Waals surface area (Å²) in [7, 11) is -3.76. The maximum absolute atomic E-state index is 14.7. The lowest BCUT2D eigenvalue weighted by molar-refractivity contribution is 0.318. The molecule has 0 radical (unpaired) electrons. The maximum atomic E-state index is 14.7. The van der Waals surface area contributed by atoms with E-state index in [0.29, 0.717) is 11.6 Å². The SMILES string of the molecule is CC1(C)C(N)=N[C@](C)(c2cc(C/C(=N\O)c3ncc(F)cc3F)ccc2F)CS1(=O)=O. The van der Waals surface area contributed by atoms with E-state index in [0.717, 1.165) is 12.3 Å². The third-order valence-corrected chi connectivity index (χ3v) is 8.12. The number of rotatable bonds is 4. The lowest BCUT2D eigenvalue weighted by Gasteiger charge is -2.38. The molecule has 0 unspecified atom stereocenters. The highest BCUT2D eigenvalue weighted by atomic mass is 32.2. The number of aromatic nitrogens is 1. The van der Waals surface area contributed by atoms with Crippen LogP contribution in [-0.2, 0) is 21.8 Å². The third kappa shape index (κ3) is 4.01. The van der Waals surface area contributed by atoms with Crippen molar-refractivity contribution >= 4 is 21.4 Å². The molecule has 1 aromatic carbocycles. The molecule has 2 heterocycles. The number of benzene rings is 1. The van der Waals surface area contributed by atoms with E-state index >= 15 is 0 Å². The molecule has 1 atom stereocenters. The minimum atomic E-state index is -3.76. The first kappa shape index (κ1) is 22.7. The van der Waals surface area contributed by atoms with Crippen molar-refractivity contribution in [3.8, 4) is 0 Å². The van der Waals surface area contributed by atoms with Crippen LogP contribution in [0.5, 0.6) is 0 Å². The fourth-order valence-corrected chi connectivity index (χ4v) is 5.05. The molecule has 7 nitrogen and oxygen atoms in total. The van der Waals surface area contributed by atoms with E-state index in [1.54, 1.807) is 0 Å². The summed E-state index contributed by atoms with van der Waals surface area (Å²) in [5, 5.41) is 12.3. The summed E-state index contributed by atoms with van der Waals surface area (Å²) in [6.07, 6.45) is 0.583. The molecule has 0 saturated carbocycles. The first-order valence-electron chi connectivity index (χ1n) is 9.20. The number of hydrogen-bond acceptors (Lipinski definition) is 7. The number of amidine groups is 1. The van der Waals surface area contributed by atoms with Crippen molar-refractivity contribution in [2.45, 2.75) is 37.5 Å². The predicted molar refractivity (Wildman–Crippen MR) is 109 cm³/mol. The average Bonchev–Trinajstić information content (AvgIpc) is 2.66. The van der Waals surface area contributed by atoms with Crippen LogP contribution >= 0.6 is 0 Å². The Hall–Kier alpha value is -2.95. The number of oxime groups is 1. The lowest BCUT2D eigenvalue weighted by Crippen LogP contribution is -2.55. The van der Waals surface area contributed by atoms with Crippen molar-refractivity contribution in [3.63, 3.8) is 0 Å². The molecule has 0 aliphatic carbocycles. The Kier molecular flexibility index (Phi) is 5.59. The first-order chi connectivity index (χ1) is 14.3. The smallest absolute Gasteiger partial charge is 0.165 e. The number of sulfone groups is 1. The molecule has 1 aromatic heterocycles. The van der Waals surface area contributed by atoms with E-state index in [9.17, 15) is 26.8 Å².